The minimum atomic E-state index is 0.659. The number of halogens is 1. The zero-order valence-electron chi connectivity index (χ0n) is 9.68. The molecule has 0 radical (unpaired) electrons. The number of benzene rings is 2. The topological polar surface area (TPSA) is 43.8 Å². The molecular weight excluding hydrogens is 246 g/mol. The summed E-state index contributed by atoms with van der Waals surface area (Å²) in [6, 6.07) is 13.6. The molecule has 18 heavy (non-hydrogen) atoms. The maximum Gasteiger partial charge on any atom is 0.0961 e. The molecule has 4 heteroatoms. The van der Waals surface area contributed by atoms with Crippen molar-refractivity contribution >= 4 is 28.3 Å². The number of imidazole rings is 1. The van der Waals surface area contributed by atoms with E-state index in [0.717, 1.165) is 16.6 Å². The zero-order chi connectivity index (χ0) is 12.5. The maximum absolute atomic E-state index is 5.96. The van der Waals surface area contributed by atoms with E-state index in [1.165, 1.54) is 0 Å². The molecule has 0 amide bonds. The van der Waals surface area contributed by atoms with E-state index in [-0.39, 0.29) is 0 Å². The molecule has 0 unspecified atom stereocenters. The standard InChI is InChI=1S/C14H12ClN3/c15-11-6-5-10(12(16)7-11)8-18-9-17-13-3-1-2-4-14(13)18/h1-7,9H,8,16H2. The third-order valence-corrected chi connectivity index (χ3v) is 3.21. The van der Waals surface area contributed by atoms with Crippen LogP contribution in [0.5, 0.6) is 0 Å². The molecule has 0 fully saturated rings. The molecule has 0 aliphatic heterocycles. The Kier molecular flexibility index (Phi) is 2.68. The largest absolute Gasteiger partial charge is 0.398 e. The van der Waals surface area contributed by atoms with E-state index >= 15 is 0 Å². The summed E-state index contributed by atoms with van der Waals surface area (Å²) >= 11 is 5.89. The summed E-state index contributed by atoms with van der Waals surface area (Å²) in [5.74, 6) is 0. The summed E-state index contributed by atoms with van der Waals surface area (Å²) in [6.45, 7) is 0.698. The lowest BCUT2D eigenvalue weighted by Gasteiger charge is -2.08. The van der Waals surface area contributed by atoms with E-state index in [4.69, 9.17) is 17.3 Å². The van der Waals surface area contributed by atoms with Gasteiger partial charge in [0, 0.05) is 10.7 Å². The third-order valence-electron chi connectivity index (χ3n) is 2.98. The van der Waals surface area contributed by atoms with E-state index in [1.807, 2.05) is 36.7 Å². The van der Waals surface area contributed by atoms with E-state index in [9.17, 15) is 0 Å². The number of aromatic nitrogens is 2. The molecule has 90 valence electrons. The molecule has 0 bridgehead atoms. The first-order valence-corrected chi connectivity index (χ1v) is 6.05. The second kappa shape index (κ2) is 4.35. The van der Waals surface area contributed by atoms with Crippen LogP contribution in [0.15, 0.2) is 48.8 Å². The van der Waals surface area contributed by atoms with Crippen molar-refractivity contribution in [2.24, 2.45) is 0 Å². The van der Waals surface area contributed by atoms with Gasteiger partial charge in [-0.2, -0.15) is 0 Å². The summed E-state index contributed by atoms with van der Waals surface area (Å²) in [6.07, 6.45) is 1.83. The monoisotopic (exact) mass is 257 g/mol. The van der Waals surface area contributed by atoms with Gasteiger partial charge in [-0.05, 0) is 29.8 Å². The van der Waals surface area contributed by atoms with Crippen molar-refractivity contribution in [1.29, 1.82) is 0 Å². The lowest BCUT2D eigenvalue weighted by Crippen LogP contribution is -2.01. The van der Waals surface area contributed by atoms with Crippen molar-refractivity contribution in [2.75, 3.05) is 5.73 Å². The van der Waals surface area contributed by atoms with Crippen molar-refractivity contribution in [1.82, 2.24) is 9.55 Å². The summed E-state index contributed by atoms with van der Waals surface area (Å²) in [7, 11) is 0. The molecule has 2 N–H and O–H groups in total. The fourth-order valence-electron chi connectivity index (χ4n) is 2.03. The Balaban J connectivity index is 2.01. The molecule has 2 aromatic carbocycles. The highest BCUT2D eigenvalue weighted by Gasteiger charge is 2.05. The molecule has 3 nitrogen and oxygen atoms in total. The molecule has 0 saturated heterocycles. The molecule has 0 aliphatic rings. The molecular formula is C14H12ClN3. The Morgan fingerprint density at radius 3 is 2.83 bits per heavy atom. The SMILES string of the molecule is Nc1cc(Cl)ccc1Cn1cnc2ccccc21. The first-order chi connectivity index (χ1) is 8.74. The number of anilines is 1. The smallest absolute Gasteiger partial charge is 0.0961 e. The van der Waals surface area contributed by atoms with Gasteiger partial charge in [0.15, 0.2) is 0 Å². The normalized spacial score (nSPS) is 10.9. The Hall–Kier alpha value is -2.00. The van der Waals surface area contributed by atoms with Gasteiger partial charge >= 0.3 is 0 Å². The highest BCUT2D eigenvalue weighted by Crippen LogP contribution is 2.21. The number of fused-ring (bicyclic) bond motifs is 1. The summed E-state index contributed by atoms with van der Waals surface area (Å²) in [5, 5.41) is 0.659. The lowest BCUT2D eigenvalue weighted by atomic mass is 10.2. The molecule has 3 aromatic rings. The van der Waals surface area contributed by atoms with Gasteiger partial charge in [-0.15, -0.1) is 0 Å². The first kappa shape index (κ1) is 11.1. The van der Waals surface area contributed by atoms with Crippen molar-refractivity contribution in [3.63, 3.8) is 0 Å². The second-order valence-corrected chi connectivity index (χ2v) is 4.64. The molecule has 0 spiro atoms. The predicted molar refractivity (Wildman–Crippen MR) is 74.7 cm³/mol. The van der Waals surface area contributed by atoms with E-state index in [1.54, 1.807) is 6.07 Å². The lowest BCUT2D eigenvalue weighted by molar-refractivity contribution is 0.826. The fourth-order valence-corrected chi connectivity index (χ4v) is 2.21. The van der Waals surface area contributed by atoms with Gasteiger partial charge in [-0.1, -0.05) is 29.8 Å². The van der Waals surface area contributed by atoms with E-state index in [0.29, 0.717) is 17.3 Å². The van der Waals surface area contributed by atoms with Crippen LogP contribution < -0.4 is 5.73 Å². The van der Waals surface area contributed by atoms with Crippen LogP contribution in [-0.2, 0) is 6.54 Å². The van der Waals surface area contributed by atoms with Gasteiger partial charge in [0.2, 0.25) is 0 Å². The second-order valence-electron chi connectivity index (χ2n) is 4.20. The Morgan fingerprint density at radius 2 is 2.00 bits per heavy atom. The zero-order valence-corrected chi connectivity index (χ0v) is 10.4. The summed E-state index contributed by atoms with van der Waals surface area (Å²) < 4.78 is 2.08. The Labute approximate surface area is 110 Å². The van der Waals surface area contributed by atoms with Gasteiger partial charge in [0.25, 0.3) is 0 Å². The Bertz CT molecular complexity index is 703. The Morgan fingerprint density at radius 1 is 1.17 bits per heavy atom. The summed E-state index contributed by atoms with van der Waals surface area (Å²) in [4.78, 5) is 4.36. The van der Waals surface area contributed by atoms with Crippen LogP contribution in [0.4, 0.5) is 5.69 Å². The van der Waals surface area contributed by atoms with Crippen LogP contribution in [0.2, 0.25) is 5.02 Å². The van der Waals surface area contributed by atoms with E-state index < -0.39 is 0 Å². The maximum atomic E-state index is 5.96. The number of rotatable bonds is 2. The minimum absolute atomic E-state index is 0.659. The fraction of sp³-hybridized carbons (Fsp3) is 0.0714. The average Bonchev–Trinajstić information content (AvgIpc) is 2.76. The van der Waals surface area contributed by atoms with Crippen molar-refractivity contribution in [3.8, 4) is 0 Å². The molecule has 0 saturated carbocycles. The number of nitrogen functional groups attached to an aromatic ring is 1. The number of hydrogen-bond donors (Lipinski definition) is 1. The van der Waals surface area contributed by atoms with Crippen LogP contribution in [0, 0.1) is 0 Å². The van der Waals surface area contributed by atoms with Crippen molar-refractivity contribution < 1.29 is 0 Å². The first-order valence-electron chi connectivity index (χ1n) is 5.68. The molecule has 1 heterocycles. The molecule has 0 atom stereocenters. The van der Waals surface area contributed by atoms with Crippen molar-refractivity contribution in [3.05, 3.63) is 59.4 Å². The number of para-hydroxylation sites is 2. The van der Waals surface area contributed by atoms with Gasteiger partial charge in [0.1, 0.15) is 0 Å². The van der Waals surface area contributed by atoms with E-state index in [2.05, 4.69) is 15.6 Å². The minimum Gasteiger partial charge on any atom is -0.398 e. The quantitative estimate of drug-likeness (QED) is 0.716. The summed E-state index contributed by atoms with van der Waals surface area (Å²) in [5.41, 5.74) is 9.81. The number of nitrogens with two attached hydrogens (primary N) is 1. The highest BCUT2D eigenvalue weighted by molar-refractivity contribution is 6.30. The number of nitrogens with zero attached hydrogens (tertiary/aromatic N) is 2. The van der Waals surface area contributed by atoms with Crippen LogP contribution in [-0.4, -0.2) is 9.55 Å². The third kappa shape index (κ3) is 1.93. The van der Waals surface area contributed by atoms with Crippen LogP contribution in [0.1, 0.15) is 5.56 Å². The van der Waals surface area contributed by atoms with Crippen LogP contribution in [0.25, 0.3) is 11.0 Å². The average molecular weight is 258 g/mol. The molecule has 3 rings (SSSR count). The number of hydrogen-bond acceptors (Lipinski definition) is 2. The highest BCUT2D eigenvalue weighted by atomic mass is 35.5. The van der Waals surface area contributed by atoms with Crippen LogP contribution >= 0.6 is 11.6 Å². The van der Waals surface area contributed by atoms with Gasteiger partial charge in [-0.3, -0.25) is 0 Å². The van der Waals surface area contributed by atoms with Crippen molar-refractivity contribution in [2.45, 2.75) is 6.54 Å². The van der Waals surface area contributed by atoms with Gasteiger partial charge < -0.3 is 10.3 Å². The molecule has 0 aliphatic carbocycles. The van der Waals surface area contributed by atoms with Crippen LogP contribution in [0.3, 0.4) is 0 Å². The molecule has 1 aromatic heterocycles. The predicted octanol–water partition coefficient (Wildman–Crippen LogP) is 3.32. The van der Waals surface area contributed by atoms with Gasteiger partial charge in [0.05, 0.1) is 23.9 Å². The van der Waals surface area contributed by atoms with Gasteiger partial charge in [-0.25, -0.2) is 4.98 Å².